The van der Waals surface area contributed by atoms with Crippen LogP contribution in [0.3, 0.4) is 0 Å². The molecule has 0 aliphatic carbocycles. The highest BCUT2D eigenvalue weighted by Crippen LogP contribution is 2.41. The quantitative estimate of drug-likeness (QED) is 0.322. The van der Waals surface area contributed by atoms with Gasteiger partial charge in [0.1, 0.15) is 11.5 Å². The van der Waals surface area contributed by atoms with Crippen molar-refractivity contribution in [2.24, 2.45) is 0 Å². The molecule has 4 aromatic rings. The molecule has 1 aromatic heterocycles. The Labute approximate surface area is 204 Å². The van der Waals surface area contributed by atoms with Crippen LogP contribution in [0.15, 0.2) is 54.7 Å². The fourth-order valence-electron chi connectivity index (χ4n) is 4.27. The number of aromatic nitrogens is 1. The van der Waals surface area contributed by atoms with Crippen molar-refractivity contribution in [2.45, 2.75) is 27.7 Å². The van der Waals surface area contributed by atoms with E-state index >= 15 is 0 Å². The Morgan fingerprint density at radius 1 is 0.829 bits per heavy atom. The number of para-hydroxylation sites is 1. The topological polar surface area (TPSA) is 81.1 Å². The van der Waals surface area contributed by atoms with Crippen LogP contribution in [0, 0.1) is 27.7 Å². The summed E-state index contributed by atoms with van der Waals surface area (Å²) >= 11 is 0. The predicted octanol–water partition coefficient (Wildman–Crippen LogP) is 7.09. The van der Waals surface area contributed by atoms with Gasteiger partial charge >= 0.3 is 6.09 Å². The van der Waals surface area contributed by atoms with E-state index in [1.54, 1.807) is 44.7 Å². The molecule has 180 valence electrons. The van der Waals surface area contributed by atoms with Gasteiger partial charge in [0, 0.05) is 17.6 Å². The SMILES string of the molecule is COc1cc2nccc(Oc3ccc(N(C(=O)O)c4c(C)cccc4C)c(C)c3C)c2cc1OC. The second kappa shape index (κ2) is 9.54. The van der Waals surface area contributed by atoms with Gasteiger partial charge in [0.05, 0.1) is 31.1 Å². The van der Waals surface area contributed by atoms with E-state index in [2.05, 4.69) is 4.98 Å². The standard InChI is InChI=1S/C28H28N2O5/c1-16-8-7-9-17(2)27(16)30(28(31)32)22-10-11-23(19(4)18(22)3)35-24-12-13-29-21-15-26(34-6)25(33-5)14-20(21)24/h7-15H,1-6H3,(H,31,32). The van der Waals surface area contributed by atoms with Crippen LogP contribution in [0.25, 0.3) is 10.9 Å². The van der Waals surface area contributed by atoms with E-state index in [-0.39, 0.29) is 0 Å². The molecule has 4 rings (SSSR count). The number of pyridine rings is 1. The van der Waals surface area contributed by atoms with E-state index < -0.39 is 6.09 Å². The lowest BCUT2D eigenvalue weighted by Crippen LogP contribution is -2.26. The first kappa shape index (κ1) is 23.9. The molecule has 7 nitrogen and oxygen atoms in total. The summed E-state index contributed by atoms with van der Waals surface area (Å²) in [5.41, 5.74) is 5.38. The van der Waals surface area contributed by atoms with Gasteiger partial charge in [0.15, 0.2) is 11.5 Å². The first-order valence-electron chi connectivity index (χ1n) is 11.1. The highest BCUT2D eigenvalue weighted by molar-refractivity contribution is 5.98. The highest BCUT2D eigenvalue weighted by Gasteiger charge is 2.24. The monoisotopic (exact) mass is 472 g/mol. The number of ether oxygens (including phenoxy) is 3. The lowest BCUT2D eigenvalue weighted by molar-refractivity contribution is 0.204. The van der Waals surface area contributed by atoms with Gasteiger partial charge in [-0.25, -0.2) is 9.69 Å². The van der Waals surface area contributed by atoms with Crippen LogP contribution in [0.2, 0.25) is 0 Å². The Bertz CT molecular complexity index is 1410. The average Bonchev–Trinajstić information content (AvgIpc) is 2.84. The molecule has 7 heteroatoms. The molecule has 35 heavy (non-hydrogen) atoms. The number of anilines is 2. The molecular formula is C28H28N2O5. The van der Waals surface area contributed by atoms with Crippen molar-refractivity contribution in [3.05, 3.63) is 77.0 Å². The number of methoxy groups -OCH3 is 2. The number of hydrogen-bond donors (Lipinski definition) is 1. The van der Waals surface area contributed by atoms with E-state index in [9.17, 15) is 9.90 Å². The van der Waals surface area contributed by atoms with Gasteiger partial charge in [-0.1, -0.05) is 18.2 Å². The molecule has 1 amide bonds. The Kier molecular flexibility index (Phi) is 6.51. The van der Waals surface area contributed by atoms with Crippen molar-refractivity contribution in [2.75, 3.05) is 19.1 Å². The van der Waals surface area contributed by atoms with Gasteiger partial charge in [-0.3, -0.25) is 4.98 Å². The maximum Gasteiger partial charge on any atom is 0.416 e. The number of benzene rings is 3. The molecular weight excluding hydrogens is 444 g/mol. The van der Waals surface area contributed by atoms with Crippen molar-refractivity contribution in [3.8, 4) is 23.0 Å². The van der Waals surface area contributed by atoms with Crippen molar-refractivity contribution in [3.63, 3.8) is 0 Å². The Morgan fingerprint density at radius 3 is 2.11 bits per heavy atom. The number of fused-ring (bicyclic) bond motifs is 1. The first-order chi connectivity index (χ1) is 16.8. The second-order valence-corrected chi connectivity index (χ2v) is 8.33. The molecule has 0 aliphatic rings. The fourth-order valence-corrected chi connectivity index (χ4v) is 4.27. The minimum Gasteiger partial charge on any atom is -0.493 e. The minimum absolute atomic E-state index is 0.576. The van der Waals surface area contributed by atoms with Crippen LogP contribution in [0.1, 0.15) is 22.3 Å². The summed E-state index contributed by atoms with van der Waals surface area (Å²) in [6.07, 6.45) is 0.632. The molecule has 0 fully saturated rings. The second-order valence-electron chi connectivity index (χ2n) is 8.33. The number of aryl methyl sites for hydroxylation is 2. The van der Waals surface area contributed by atoms with E-state index in [0.717, 1.165) is 27.6 Å². The van der Waals surface area contributed by atoms with E-state index in [4.69, 9.17) is 14.2 Å². The zero-order chi connectivity index (χ0) is 25.3. The van der Waals surface area contributed by atoms with Crippen molar-refractivity contribution in [1.82, 2.24) is 4.98 Å². The van der Waals surface area contributed by atoms with Crippen LogP contribution in [-0.2, 0) is 0 Å². The zero-order valence-electron chi connectivity index (χ0n) is 20.7. The molecule has 0 unspecified atom stereocenters. The Hall–Kier alpha value is -4.26. The van der Waals surface area contributed by atoms with Gasteiger partial charge in [0.2, 0.25) is 0 Å². The third kappa shape index (κ3) is 4.33. The van der Waals surface area contributed by atoms with Gasteiger partial charge < -0.3 is 19.3 Å². The molecule has 0 saturated carbocycles. The van der Waals surface area contributed by atoms with Crippen LogP contribution in [0.5, 0.6) is 23.0 Å². The van der Waals surface area contributed by atoms with E-state index in [1.165, 1.54) is 4.90 Å². The smallest absolute Gasteiger partial charge is 0.416 e. The maximum absolute atomic E-state index is 12.4. The summed E-state index contributed by atoms with van der Waals surface area (Å²) in [5, 5.41) is 10.9. The summed E-state index contributed by atoms with van der Waals surface area (Å²) in [7, 11) is 3.16. The van der Waals surface area contributed by atoms with E-state index in [1.807, 2.05) is 52.0 Å². The number of carbonyl (C=O) groups is 1. The molecule has 0 aliphatic heterocycles. The number of hydrogen-bond acceptors (Lipinski definition) is 5. The first-order valence-corrected chi connectivity index (χ1v) is 11.1. The Balaban J connectivity index is 1.79. The summed E-state index contributed by atoms with van der Waals surface area (Å²) in [5.74, 6) is 2.39. The highest BCUT2D eigenvalue weighted by atomic mass is 16.5. The van der Waals surface area contributed by atoms with Crippen LogP contribution >= 0.6 is 0 Å². The lowest BCUT2D eigenvalue weighted by Gasteiger charge is -2.26. The van der Waals surface area contributed by atoms with Crippen LogP contribution in [0.4, 0.5) is 16.2 Å². The van der Waals surface area contributed by atoms with Gasteiger partial charge in [-0.2, -0.15) is 0 Å². The molecule has 1 N–H and O–H groups in total. The Morgan fingerprint density at radius 2 is 1.49 bits per heavy atom. The van der Waals surface area contributed by atoms with Crippen LogP contribution < -0.4 is 19.1 Å². The largest absolute Gasteiger partial charge is 0.493 e. The van der Waals surface area contributed by atoms with Crippen molar-refractivity contribution < 1.29 is 24.1 Å². The summed E-state index contributed by atoms with van der Waals surface area (Å²) in [6.45, 7) is 7.65. The molecule has 3 aromatic carbocycles. The molecule has 0 atom stereocenters. The number of nitrogens with zero attached hydrogens (tertiary/aromatic N) is 2. The summed E-state index contributed by atoms with van der Waals surface area (Å²) in [6, 6.07) is 14.8. The number of rotatable bonds is 6. The molecule has 0 radical (unpaired) electrons. The van der Waals surface area contributed by atoms with Crippen LogP contribution in [-0.4, -0.2) is 30.4 Å². The molecule has 0 bridgehead atoms. The van der Waals surface area contributed by atoms with Gasteiger partial charge in [-0.05, 0) is 74.2 Å². The lowest BCUT2D eigenvalue weighted by atomic mass is 10.0. The van der Waals surface area contributed by atoms with Crippen molar-refractivity contribution in [1.29, 1.82) is 0 Å². The molecule has 1 heterocycles. The number of carboxylic acid groups (broad SMARTS) is 1. The average molecular weight is 473 g/mol. The summed E-state index contributed by atoms with van der Waals surface area (Å²) in [4.78, 5) is 18.1. The predicted molar refractivity (Wildman–Crippen MR) is 137 cm³/mol. The minimum atomic E-state index is -1.04. The van der Waals surface area contributed by atoms with Gasteiger partial charge in [-0.15, -0.1) is 0 Å². The number of amides is 1. The third-order valence-corrected chi connectivity index (χ3v) is 6.23. The maximum atomic E-state index is 12.4. The van der Waals surface area contributed by atoms with E-state index in [0.29, 0.717) is 39.9 Å². The zero-order valence-corrected chi connectivity index (χ0v) is 20.7. The van der Waals surface area contributed by atoms with Crippen molar-refractivity contribution >= 4 is 28.4 Å². The fraction of sp³-hybridized carbons (Fsp3) is 0.214. The molecule has 0 spiro atoms. The third-order valence-electron chi connectivity index (χ3n) is 6.23. The normalized spacial score (nSPS) is 10.8. The summed E-state index contributed by atoms with van der Waals surface area (Å²) < 4.78 is 17.2. The van der Waals surface area contributed by atoms with Gasteiger partial charge in [0.25, 0.3) is 0 Å². The molecule has 0 saturated heterocycles.